The lowest BCUT2D eigenvalue weighted by Gasteiger charge is -2.26. The van der Waals surface area contributed by atoms with Crippen molar-refractivity contribution in [3.05, 3.63) is 36.0 Å². The Hall–Kier alpha value is -2.70. The molecule has 1 aromatic heterocycles. The van der Waals surface area contributed by atoms with Crippen LogP contribution in [0, 0.1) is 5.92 Å². The number of aromatic nitrogens is 1. The molecule has 0 saturated heterocycles. The maximum atomic E-state index is 13.4. The summed E-state index contributed by atoms with van der Waals surface area (Å²) in [4.78, 5) is 54.3. The number of thioether (sulfide) groups is 2. The van der Waals surface area contributed by atoms with Gasteiger partial charge in [-0.3, -0.25) is 14.4 Å². The first-order valence-corrected chi connectivity index (χ1v) is 15.3. The highest BCUT2D eigenvalue weighted by atomic mass is 32.2. The Morgan fingerprint density at radius 1 is 0.921 bits per heavy atom. The van der Waals surface area contributed by atoms with Crippen LogP contribution < -0.4 is 21.7 Å². The van der Waals surface area contributed by atoms with E-state index in [2.05, 4.69) is 20.9 Å². The highest BCUT2D eigenvalue weighted by molar-refractivity contribution is 7.98. The summed E-state index contributed by atoms with van der Waals surface area (Å²) in [5, 5.41) is 18.6. The second-order valence-electron chi connectivity index (χ2n) is 9.42. The molecular formula is C26H39N5O5S2. The van der Waals surface area contributed by atoms with Gasteiger partial charge in [0.15, 0.2) is 0 Å². The monoisotopic (exact) mass is 565 g/mol. The van der Waals surface area contributed by atoms with E-state index in [1.807, 2.05) is 36.8 Å². The van der Waals surface area contributed by atoms with Crippen molar-refractivity contribution in [3.8, 4) is 0 Å². The van der Waals surface area contributed by atoms with Gasteiger partial charge in [-0.25, -0.2) is 4.79 Å². The number of hydrogen-bond acceptors (Lipinski definition) is 7. The van der Waals surface area contributed by atoms with Crippen LogP contribution in [0.4, 0.5) is 0 Å². The number of carboxylic acid groups (broad SMARTS) is 1. The summed E-state index contributed by atoms with van der Waals surface area (Å²) in [7, 11) is 0. The number of H-pyrrole nitrogens is 1. The zero-order valence-corrected chi connectivity index (χ0v) is 23.9. The van der Waals surface area contributed by atoms with Gasteiger partial charge in [0.25, 0.3) is 0 Å². The van der Waals surface area contributed by atoms with Gasteiger partial charge in [-0.05, 0) is 54.4 Å². The minimum Gasteiger partial charge on any atom is -0.480 e. The molecule has 12 heteroatoms. The molecule has 0 saturated carbocycles. The lowest BCUT2D eigenvalue weighted by Crippen LogP contribution is -2.58. The molecular weight excluding hydrogens is 526 g/mol. The minimum atomic E-state index is -1.16. The van der Waals surface area contributed by atoms with Crippen molar-refractivity contribution in [2.75, 3.05) is 24.0 Å². The van der Waals surface area contributed by atoms with E-state index in [1.165, 1.54) is 11.8 Å². The molecule has 10 nitrogen and oxygen atoms in total. The summed E-state index contributed by atoms with van der Waals surface area (Å²) in [6.45, 7) is 3.39. The zero-order chi connectivity index (χ0) is 28.2. The van der Waals surface area contributed by atoms with Crippen molar-refractivity contribution in [1.29, 1.82) is 0 Å². The topological polar surface area (TPSA) is 166 Å². The van der Waals surface area contributed by atoms with E-state index < -0.39 is 47.9 Å². The Bertz CT molecular complexity index is 1090. The molecule has 0 radical (unpaired) electrons. The minimum absolute atomic E-state index is 0.127. The number of nitrogens with one attached hydrogen (secondary N) is 4. The standard InChI is InChI=1S/C26H39N5O5S2/c1-15(2)22(26(35)36)31-25(34)21(13-16-14-28-19-8-6-5-7-17(16)19)30-24(33)20(10-12-38-4)29-23(32)18(27)9-11-37-3/h5-8,14-15,18,20-22,28H,9-13,27H2,1-4H3,(H,29,32)(H,30,33)(H,31,34)(H,35,36). The highest BCUT2D eigenvalue weighted by Crippen LogP contribution is 2.19. The van der Waals surface area contributed by atoms with Crippen molar-refractivity contribution in [1.82, 2.24) is 20.9 Å². The van der Waals surface area contributed by atoms with Crippen molar-refractivity contribution >= 4 is 58.1 Å². The fraction of sp³-hybridized carbons (Fsp3) is 0.538. The Balaban J connectivity index is 2.29. The van der Waals surface area contributed by atoms with E-state index in [-0.39, 0.29) is 12.3 Å². The molecule has 0 aliphatic heterocycles. The van der Waals surface area contributed by atoms with Gasteiger partial charge in [-0.2, -0.15) is 23.5 Å². The summed E-state index contributed by atoms with van der Waals surface area (Å²) in [5.74, 6) is -1.77. The smallest absolute Gasteiger partial charge is 0.326 e. The van der Waals surface area contributed by atoms with Crippen LogP contribution >= 0.6 is 23.5 Å². The maximum absolute atomic E-state index is 13.4. The molecule has 7 N–H and O–H groups in total. The van der Waals surface area contributed by atoms with E-state index in [0.717, 1.165) is 16.5 Å². The molecule has 2 rings (SSSR count). The molecule has 0 aliphatic rings. The molecule has 0 spiro atoms. The molecule has 38 heavy (non-hydrogen) atoms. The van der Waals surface area contributed by atoms with Crippen LogP contribution in [0.2, 0.25) is 0 Å². The summed E-state index contributed by atoms with van der Waals surface area (Å²) < 4.78 is 0. The molecule has 2 aromatic rings. The van der Waals surface area contributed by atoms with Crippen LogP contribution in [-0.2, 0) is 25.6 Å². The van der Waals surface area contributed by atoms with Crippen molar-refractivity contribution in [3.63, 3.8) is 0 Å². The molecule has 1 aromatic carbocycles. The molecule has 0 aliphatic carbocycles. The Morgan fingerprint density at radius 2 is 1.53 bits per heavy atom. The Kier molecular flexibility index (Phi) is 13.0. The summed E-state index contributed by atoms with van der Waals surface area (Å²) >= 11 is 3.10. The van der Waals surface area contributed by atoms with Crippen LogP contribution in [0.5, 0.6) is 0 Å². The molecule has 3 amide bonds. The summed E-state index contributed by atoms with van der Waals surface area (Å²) in [5.41, 5.74) is 7.67. The third-order valence-corrected chi connectivity index (χ3v) is 7.46. The second-order valence-corrected chi connectivity index (χ2v) is 11.4. The van der Waals surface area contributed by atoms with Crippen LogP contribution in [0.25, 0.3) is 10.9 Å². The number of carboxylic acids is 1. The van der Waals surface area contributed by atoms with E-state index in [9.17, 15) is 24.3 Å². The third-order valence-electron chi connectivity index (χ3n) is 6.18. The van der Waals surface area contributed by atoms with Gasteiger partial charge in [0.05, 0.1) is 6.04 Å². The fourth-order valence-electron chi connectivity index (χ4n) is 3.93. The van der Waals surface area contributed by atoms with Crippen LogP contribution in [0.15, 0.2) is 30.5 Å². The van der Waals surface area contributed by atoms with Gasteiger partial charge >= 0.3 is 5.97 Å². The van der Waals surface area contributed by atoms with E-state index >= 15 is 0 Å². The van der Waals surface area contributed by atoms with Gasteiger partial charge < -0.3 is 31.8 Å². The average molecular weight is 566 g/mol. The predicted molar refractivity (Wildman–Crippen MR) is 154 cm³/mol. The lowest BCUT2D eigenvalue weighted by molar-refractivity contribution is -0.143. The SMILES string of the molecule is CSCCC(N)C(=O)NC(CCSC)C(=O)NC(Cc1c[nH]c2ccccc12)C(=O)NC(C(=O)O)C(C)C. The van der Waals surface area contributed by atoms with E-state index in [4.69, 9.17) is 5.73 Å². The van der Waals surface area contributed by atoms with Crippen LogP contribution in [-0.4, -0.2) is 82.0 Å². The van der Waals surface area contributed by atoms with E-state index in [1.54, 1.807) is 31.8 Å². The molecule has 0 bridgehead atoms. The number of carbonyl (C=O) groups excluding carboxylic acids is 3. The number of benzene rings is 1. The Labute approximate surface area is 232 Å². The Morgan fingerprint density at radius 3 is 2.16 bits per heavy atom. The molecule has 1 heterocycles. The number of para-hydroxylation sites is 1. The second kappa shape index (κ2) is 15.6. The normalized spacial score (nSPS) is 14.5. The van der Waals surface area contributed by atoms with Crippen molar-refractivity contribution in [2.45, 2.75) is 57.3 Å². The van der Waals surface area contributed by atoms with Gasteiger partial charge in [-0.15, -0.1) is 0 Å². The average Bonchev–Trinajstić information content (AvgIpc) is 3.29. The van der Waals surface area contributed by atoms with Crippen LogP contribution in [0.3, 0.4) is 0 Å². The quantitative estimate of drug-likeness (QED) is 0.179. The van der Waals surface area contributed by atoms with Gasteiger partial charge in [0.1, 0.15) is 18.1 Å². The molecule has 4 unspecified atom stereocenters. The number of fused-ring (bicyclic) bond motifs is 1. The maximum Gasteiger partial charge on any atom is 0.326 e. The van der Waals surface area contributed by atoms with Crippen molar-refractivity contribution in [2.24, 2.45) is 11.7 Å². The van der Waals surface area contributed by atoms with Gasteiger partial charge in [0.2, 0.25) is 17.7 Å². The number of rotatable bonds is 16. The summed E-state index contributed by atoms with van der Waals surface area (Å²) in [6, 6.07) is 3.74. The number of carbonyl (C=O) groups is 4. The fourth-order valence-corrected chi connectivity index (χ4v) is 4.89. The first kappa shape index (κ1) is 31.5. The third kappa shape index (κ3) is 9.25. The van der Waals surface area contributed by atoms with Crippen LogP contribution in [0.1, 0.15) is 32.3 Å². The van der Waals surface area contributed by atoms with Gasteiger partial charge in [0, 0.05) is 23.5 Å². The molecule has 210 valence electrons. The first-order chi connectivity index (χ1) is 18.1. The zero-order valence-electron chi connectivity index (χ0n) is 22.3. The lowest BCUT2D eigenvalue weighted by atomic mass is 10.0. The summed E-state index contributed by atoms with van der Waals surface area (Å²) in [6.07, 6.45) is 6.54. The largest absolute Gasteiger partial charge is 0.480 e. The predicted octanol–water partition coefficient (Wildman–Crippen LogP) is 1.74. The van der Waals surface area contributed by atoms with E-state index in [0.29, 0.717) is 24.3 Å². The number of nitrogens with two attached hydrogens (primary N) is 1. The molecule has 4 atom stereocenters. The van der Waals surface area contributed by atoms with Gasteiger partial charge in [-0.1, -0.05) is 32.0 Å². The number of aromatic amines is 1. The number of hydrogen-bond donors (Lipinski definition) is 6. The van der Waals surface area contributed by atoms with Crippen molar-refractivity contribution < 1.29 is 24.3 Å². The number of aliphatic carboxylic acids is 1. The molecule has 0 fully saturated rings. The highest BCUT2D eigenvalue weighted by Gasteiger charge is 2.31. The first-order valence-electron chi connectivity index (χ1n) is 12.5. The number of amides is 3.